The van der Waals surface area contributed by atoms with Crippen LogP contribution in [0.15, 0.2) is 0 Å². The van der Waals surface area contributed by atoms with Gasteiger partial charge in [0.2, 0.25) is 0 Å². The zero-order valence-corrected chi connectivity index (χ0v) is 12.7. The van der Waals surface area contributed by atoms with Crippen molar-refractivity contribution in [3.8, 4) is 0 Å². The molecule has 1 heterocycles. The van der Waals surface area contributed by atoms with Gasteiger partial charge < -0.3 is 10.6 Å². The maximum atomic E-state index is 6.19. The highest BCUT2D eigenvalue weighted by molar-refractivity contribution is 5.00. The van der Waals surface area contributed by atoms with Gasteiger partial charge in [0.15, 0.2) is 0 Å². The molecule has 1 aliphatic heterocycles. The van der Waals surface area contributed by atoms with Gasteiger partial charge in [-0.2, -0.15) is 0 Å². The average Bonchev–Trinajstić information content (AvgIpc) is 2.83. The molecule has 0 amide bonds. The Labute approximate surface area is 113 Å². The molecule has 3 nitrogen and oxygen atoms in total. The number of rotatable bonds is 3. The van der Waals surface area contributed by atoms with Crippen LogP contribution in [0.3, 0.4) is 0 Å². The molecule has 106 valence electrons. The van der Waals surface area contributed by atoms with Gasteiger partial charge in [0, 0.05) is 31.2 Å². The van der Waals surface area contributed by atoms with E-state index in [0.717, 1.165) is 24.4 Å². The van der Waals surface area contributed by atoms with E-state index in [0.29, 0.717) is 5.54 Å². The van der Waals surface area contributed by atoms with E-state index in [9.17, 15) is 0 Å². The summed E-state index contributed by atoms with van der Waals surface area (Å²) in [4.78, 5) is 5.08. The van der Waals surface area contributed by atoms with Gasteiger partial charge in [0.25, 0.3) is 0 Å². The van der Waals surface area contributed by atoms with E-state index in [-0.39, 0.29) is 0 Å². The van der Waals surface area contributed by atoms with Crippen molar-refractivity contribution in [2.75, 3.05) is 33.7 Å². The molecule has 0 aromatic heterocycles. The molecular formula is C15H31N3. The van der Waals surface area contributed by atoms with Crippen LogP contribution in [0.1, 0.15) is 39.5 Å². The van der Waals surface area contributed by atoms with Crippen LogP contribution in [-0.2, 0) is 0 Å². The maximum Gasteiger partial charge on any atom is 0.0335 e. The van der Waals surface area contributed by atoms with Crippen molar-refractivity contribution in [2.24, 2.45) is 17.6 Å². The highest BCUT2D eigenvalue weighted by Crippen LogP contribution is 2.41. The third-order valence-corrected chi connectivity index (χ3v) is 5.68. The van der Waals surface area contributed by atoms with E-state index in [1.807, 2.05) is 0 Å². The molecule has 18 heavy (non-hydrogen) atoms. The Morgan fingerprint density at radius 3 is 2.44 bits per heavy atom. The molecule has 4 unspecified atom stereocenters. The molecule has 0 spiro atoms. The summed E-state index contributed by atoms with van der Waals surface area (Å²) < 4.78 is 0. The normalized spacial score (nSPS) is 42.7. The second kappa shape index (κ2) is 5.48. The Morgan fingerprint density at radius 2 is 1.94 bits per heavy atom. The Bertz CT molecular complexity index is 279. The lowest BCUT2D eigenvalue weighted by Gasteiger charge is -2.48. The molecule has 4 atom stereocenters. The number of likely N-dealkylation sites (tertiary alicyclic amines) is 1. The third-order valence-electron chi connectivity index (χ3n) is 5.68. The SMILES string of the molecule is CC1CCC(CN)(N2CCC(N(C)C)C2)CC1C. The van der Waals surface area contributed by atoms with Gasteiger partial charge in [-0.3, -0.25) is 4.90 Å². The molecular weight excluding hydrogens is 222 g/mol. The van der Waals surface area contributed by atoms with Crippen LogP contribution >= 0.6 is 0 Å². The summed E-state index contributed by atoms with van der Waals surface area (Å²) >= 11 is 0. The van der Waals surface area contributed by atoms with Crippen LogP contribution < -0.4 is 5.73 Å². The molecule has 1 saturated carbocycles. The van der Waals surface area contributed by atoms with Crippen molar-refractivity contribution in [1.29, 1.82) is 0 Å². The second-order valence-corrected chi connectivity index (χ2v) is 6.98. The fraction of sp³-hybridized carbons (Fsp3) is 1.00. The first-order valence-corrected chi connectivity index (χ1v) is 7.60. The Kier molecular flexibility index (Phi) is 4.35. The van der Waals surface area contributed by atoms with Crippen LogP contribution in [0.25, 0.3) is 0 Å². The molecule has 3 heteroatoms. The predicted octanol–water partition coefficient (Wildman–Crippen LogP) is 1.78. The lowest BCUT2D eigenvalue weighted by molar-refractivity contribution is 0.0345. The van der Waals surface area contributed by atoms with E-state index in [2.05, 4.69) is 37.7 Å². The summed E-state index contributed by atoms with van der Waals surface area (Å²) in [5.41, 5.74) is 6.49. The number of nitrogens with two attached hydrogens (primary N) is 1. The van der Waals surface area contributed by atoms with Crippen molar-refractivity contribution in [2.45, 2.75) is 51.1 Å². The summed E-state index contributed by atoms with van der Waals surface area (Å²) in [6, 6.07) is 0.725. The first-order valence-electron chi connectivity index (χ1n) is 7.60. The summed E-state index contributed by atoms with van der Waals surface area (Å²) in [6.45, 7) is 8.10. The van der Waals surface area contributed by atoms with Crippen LogP contribution in [0.5, 0.6) is 0 Å². The van der Waals surface area contributed by atoms with E-state index >= 15 is 0 Å². The zero-order valence-electron chi connectivity index (χ0n) is 12.7. The van der Waals surface area contributed by atoms with Gasteiger partial charge in [-0.15, -0.1) is 0 Å². The highest BCUT2D eigenvalue weighted by atomic mass is 15.3. The minimum absolute atomic E-state index is 0.302. The van der Waals surface area contributed by atoms with E-state index in [1.54, 1.807) is 0 Å². The lowest BCUT2D eigenvalue weighted by Crippen LogP contribution is -2.56. The number of nitrogens with zero attached hydrogens (tertiary/aromatic N) is 2. The molecule has 2 fully saturated rings. The molecule has 2 N–H and O–H groups in total. The average molecular weight is 253 g/mol. The van der Waals surface area contributed by atoms with Gasteiger partial charge in [-0.05, 0) is 51.6 Å². The lowest BCUT2D eigenvalue weighted by atomic mass is 9.70. The molecule has 0 aromatic carbocycles. The number of hydrogen-bond acceptors (Lipinski definition) is 3. The third kappa shape index (κ3) is 2.59. The molecule has 0 aromatic rings. The van der Waals surface area contributed by atoms with Crippen molar-refractivity contribution in [1.82, 2.24) is 9.80 Å². The molecule has 0 radical (unpaired) electrons. The standard InChI is InChI=1S/C15H31N3/c1-12-5-7-15(11-16,9-13(12)2)18-8-6-14(10-18)17(3)4/h12-14H,5-11,16H2,1-4H3. The molecule has 0 bridgehead atoms. The smallest absolute Gasteiger partial charge is 0.0335 e. The molecule has 2 aliphatic rings. The number of likely N-dealkylation sites (N-methyl/N-ethyl adjacent to an activating group) is 1. The van der Waals surface area contributed by atoms with Crippen molar-refractivity contribution in [3.63, 3.8) is 0 Å². The van der Waals surface area contributed by atoms with Gasteiger partial charge in [0.05, 0.1) is 0 Å². The zero-order chi connectivity index (χ0) is 13.3. The van der Waals surface area contributed by atoms with Gasteiger partial charge in [0.1, 0.15) is 0 Å². The monoisotopic (exact) mass is 253 g/mol. The Balaban J connectivity index is 2.05. The Hall–Kier alpha value is -0.120. The summed E-state index contributed by atoms with van der Waals surface area (Å²) in [7, 11) is 4.41. The quantitative estimate of drug-likeness (QED) is 0.832. The minimum atomic E-state index is 0.302. The van der Waals surface area contributed by atoms with Crippen LogP contribution in [-0.4, -0.2) is 55.1 Å². The van der Waals surface area contributed by atoms with Gasteiger partial charge in [-0.25, -0.2) is 0 Å². The first-order chi connectivity index (χ1) is 8.48. The van der Waals surface area contributed by atoms with E-state index in [1.165, 1.54) is 38.8 Å². The first kappa shape index (κ1) is 14.3. The largest absolute Gasteiger partial charge is 0.329 e. The fourth-order valence-electron chi connectivity index (χ4n) is 3.88. The van der Waals surface area contributed by atoms with Crippen LogP contribution in [0.4, 0.5) is 0 Å². The Morgan fingerprint density at radius 1 is 1.22 bits per heavy atom. The van der Waals surface area contributed by atoms with Crippen molar-refractivity contribution in [3.05, 3.63) is 0 Å². The fourth-order valence-corrected chi connectivity index (χ4v) is 3.88. The molecule has 1 saturated heterocycles. The van der Waals surface area contributed by atoms with E-state index < -0.39 is 0 Å². The van der Waals surface area contributed by atoms with Gasteiger partial charge >= 0.3 is 0 Å². The second-order valence-electron chi connectivity index (χ2n) is 6.98. The summed E-state index contributed by atoms with van der Waals surface area (Å²) in [5.74, 6) is 1.69. The predicted molar refractivity (Wildman–Crippen MR) is 77.6 cm³/mol. The van der Waals surface area contributed by atoms with E-state index in [4.69, 9.17) is 5.73 Å². The highest BCUT2D eigenvalue weighted by Gasteiger charge is 2.43. The molecule has 1 aliphatic carbocycles. The molecule has 2 rings (SSSR count). The summed E-state index contributed by atoms with van der Waals surface area (Å²) in [6.07, 6.45) is 5.25. The topological polar surface area (TPSA) is 32.5 Å². The van der Waals surface area contributed by atoms with Crippen molar-refractivity contribution >= 4 is 0 Å². The number of hydrogen-bond donors (Lipinski definition) is 1. The van der Waals surface area contributed by atoms with Crippen LogP contribution in [0, 0.1) is 11.8 Å². The summed E-state index contributed by atoms with van der Waals surface area (Å²) in [5, 5.41) is 0. The van der Waals surface area contributed by atoms with Gasteiger partial charge in [-0.1, -0.05) is 13.8 Å². The maximum absolute atomic E-state index is 6.19. The van der Waals surface area contributed by atoms with Crippen LogP contribution in [0.2, 0.25) is 0 Å². The van der Waals surface area contributed by atoms with Crippen molar-refractivity contribution < 1.29 is 0 Å². The minimum Gasteiger partial charge on any atom is -0.329 e.